The minimum Gasteiger partial charge on any atom is -0.402 e. The molecule has 1 aromatic carbocycles. The predicted octanol–water partition coefficient (Wildman–Crippen LogP) is 2.09. The molecule has 4 nitrogen and oxygen atoms in total. The van der Waals surface area contributed by atoms with Crippen LogP contribution < -0.4 is 0 Å². The molecule has 0 aliphatic carbocycles. The average molecular weight is 257 g/mol. The second-order valence-corrected chi connectivity index (χ2v) is 4.42. The lowest BCUT2D eigenvalue weighted by Crippen LogP contribution is -2.35. The predicted molar refractivity (Wildman–Crippen MR) is 71.9 cm³/mol. The number of ketones is 1. The van der Waals surface area contributed by atoms with Crippen molar-refractivity contribution in [3.05, 3.63) is 48.6 Å². The van der Waals surface area contributed by atoms with Gasteiger partial charge in [0.25, 0.3) is 5.90 Å². The van der Waals surface area contributed by atoms with Crippen LogP contribution in [-0.4, -0.2) is 23.2 Å². The average Bonchev–Trinajstić information content (AvgIpc) is 2.77. The van der Waals surface area contributed by atoms with E-state index in [9.17, 15) is 9.59 Å². The monoisotopic (exact) mass is 257 g/mol. The normalized spacial score (nSPS) is 21.7. The second-order valence-electron chi connectivity index (χ2n) is 4.42. The smallest absolute Gasteiger partial charge is 0.341 e. The molecule has 19 heavy (non-hydrogen) atoms. The van der Waals surface area contributed by atoms with Crippen LogP contribution in [0, 0.1) is 0 Å². The first-order valence-electron chi connectivity index (χ1n) is 6.14. The zero-order chi connectivity index (χ0) is 13.9. The molecule has 4 heteroatoms. The Balaban J connectivity index is 2.32. The van der Waals surface area contributed by atoms with Gasteiger partial charge in [-0.3, -0.25) is 4.79 Å². The van der Waals surface area contributed by atoms with Crippen LogP contribution in [0.2, 0.25) is 0 Å². The highest BCUT2D eigenvalue weighted by molar-refractivity contribution is 6.43. The summed E-state index contributed by atoms with van der Waals surface area (Å²) in [5, 5.41) is 0. The zero-order valence-electron chi connectivity index (χ0n) is 10.8. The van der Waals surface area contributed by atoms with E-state index in [1.165, 1.54) is 0 Å². The molecular formula is C15H15NO3. The Hall–Kier alpha value is -2.23. The zero-order valence-corrected chi connectivity index (χ0v) is 10.8. The first-order valence-corrected chi connectivity index (χ1v) is 6.14. The van der Waals surface area contributed by atoms with Crippen LogP contribution in [0.5, 0.6) is 0 Å². The maximum Gasteiger partial charge on any atom is 0.341 e. The van der Waals surface area contributed by atoms with Crippen LogP contribution in [-0.2, 0) is 20.7 Å². The van der Waals surface area contributed by atoms with E-state index < -0.39 is 17.3 Å². The first-order chi connectivity index (χ1) is 9.11. The van der Waals surface area contributed by atoms with Crippen LogP contribution in [0.25, 0.3) is 0 Å². The number of rotatable bonds is 5. The molecule has 98 valence electrons. The topological polar surface area (TPSA) is 55.7 Å². The van der Waals surface area contributed by atoms with Crippen molar-refractivity contribution >= 4 is 17.7 Å². The standard InChI is InChI=1S/C15H15NO3/c1-3-12(17)13-16-15(4-2,14(18)19-13)10-11-8-6-5-7-9-11/h3,5-9H,1,4,10H2,2H3. The Morgan fingerprint density at radius 2 is 2.11 bits per heavy atom. The van der Waals surface area contributed by atoms with E-state index in [1.807, 2.05) is 37.3 Å². The summed E-state index contributed by atoms with van der Waals surface area (Å²) in [6.45, 7) is 5.22. The first kappa shape index (κ1) is 13.2. The number of esters is 1. The fourth-order valence-electron chi connectivity index (χ4n) is 2.03. The summed E-state index contributed by atoms with van der Waals surface area (Å²) in [5.41, 5.74) is -0.00706. The molecule has 1 aromatic rings. The van der Waals surface area contributed by atoms with Gasteiger partial charge in [0.2, 0.25) is 5.78 Å². The number of carbonyl (C=O) groups excluding carboxylic acids is 2. The van der Waals surface area contributed by atoms with E-state index in [-0.39, 0.29) is 5.90 Å². The van der Waals surface area contributed by atoms with Crippen molar-refractivity contribution in [1.29, 1.82) is 0 Å². The van der Waals surface area contributed by atoms with E-state index in [2.05, 4.69) is 11.6 Å². The van der Waals surface area contributed by atoms with Crippen molar-refractivity contribution in [2.75, 3.05) is 0 Å². The molecule has 1 aliphatic heterocycles. The maximum atomic E-state index is 12.0. The molecule has 1 heterocycles. The molecule has 0 N–H and O–H groups in total. The van der Waals surface area contributed by atoms with Gasteiger partial charge in [-0.25, -0.2) is 9.79 Å². The van der Waals surface area contributed by atoms with Crippen LogP contribution in [0.4, 0.5) is 0 Å². The van der Waals surface area contributed by atoms with Gasteiger partial charge in [-0.15, -0.1) is 0 Å². The van der Waals surface area contributed by atoms with E-state index in [4.69, 9.17) is 4.74 Å². The highest BCUT2D eigenvalue weighted by Crippen LogP contribution is 2.29. The minimum absolute atomic E-state index is 0.155. The molecule has 0 bridgehead atoms. The third kappa shape index (κ3) is 2.47. The van der Waals surface area contributed by atoms with Crippen LogP contribution in [0.15, 0.2) is 48.0 Å². The summed E-state index contributed by atoms with van der Waals surface area (Å²) in [4.78, 5) is 27.7. The Kier molecular flexibility index (Phi) is 3.60. The summed E-state index contributed by atoms with van der Waals surface area (Å²) < 4.78 is 4.98. The van der Waals surface area contributed by atoms with Gasteiger partial charge in [-0.05, 0) is 18.1 Å². The highest BCUT2D eigenvalue weighted by atomic mass is 16.6. The number of carbonyl (C=O) groups is 2. The Bertz CT molecular complexity index is 548. The third-order valence-corrected chi connectivity index (χ3v) is 3.21. The molecular weight excluding hydrogens is 242 g/mol. The Morgan fingerprint density at radius 3 is 2.68 bits per heavy atom. The van der Waals surface area contributed by atoms with Crippen LogP contribution in [0.3, 0.4) is 0 Å². The number of aliphatic imine (C=N–C) groups is 1. The summed E-state index contributed by atoms with van der Waals surface area (Å²) >= 11 is 0. The third-order valence-electron chi connectivity index (χ3n) is 3.21. The van der Waals surface area contributed by atoms with Gasteiger partial charge in [0.1, 0.15) is 0 Å². The van der Waals surface area contributed by atoms with Gasteiger partial charge in [-0.2, -0.15) is 0 Å². The number of ether oxygens (including phenoxy) is 1. The molecule has 1 atom stereocenters. The van der Waals surface area contributed by atoms with Crippen molar-refractivity contribution in [2.24, 2.45) is 4.99 Å². The maximum absolute atomic E-state index is 12.0. The fraction of sp³-hybridized carbons (Fsp3) is 0.267. The van der Waals surface area contributed by atoms with Crippen molar-refractivity contribution in [3.63, 3.8) is 0 Å². The number of nitrogens with zero attached hydrogens (tertiary/aromatic N) is 1. The lowest BCUT2D eigenvalue weighted by atomic mass is 9.89. The number of benzene rings is 1. The van der Waals surface area contributed by atoms with Crippen molar-refractivity contribution in [1.82, 2.24) is 0 Å². The summed E-state index contributed by atoms with van der Waals surface area (Å²) in [7, 11) is 0. The van der Waals surface area contributed by atoms with E-state index >= 15 is 0 Å². The van der Waals surface area contributed by atoms with Gasteiger partial charge in [0, 0.05) is 6.42 Å². The number of hydrogen-bond donors (Lipinski definition) is 0. The molecule has 0 amide bonds. The van der Waals surface area contributed by atoms with Gasteiger partial charge in [0.15, 0.2) is 5.54 Å². The van der Waals surface area contributed by atoms with E-state index in [1.54, 1.807) is 0 Å². The number of cyclic esters (lactones) is 1. The Morgan fingerprint density at radius 1 is 1.42 bits per heavy atom. The SMILES string of the molecule is C=CC(=O)C1=NC(CC)(Cc2ccccc2)C(=O)O1. The molecule has 0 spiro atoms. The van der Waals surface area contributed by atoms with Gasteiger partial charge in [-0.1, -0.05) is 43.8 Å². The summed E-state index contributed by atoms with van der Waals surface area (Å²) in [6.07, 6.45) is 2.01. The van der Waals surface area contributed by atoms with Crippen molar-refractivity contribution < 1.29 is 14.3 Å². The van der Waals surface area contributed by atoms with Crippen molar-refractivity contribution in [3.8, 4) is 0 Å². The van der Waals surface area contributed by atoms with Crippen molar-refractivity contribution in [2.45, 2.75) is 25.3 Å². The highest BCUT2D eigenvalue weighted by Gasteiger charge is 2.45. The van der Waals surface area contributed by atoms with E-state index in [0.29, 0.717) is 12.8 Å². The largest absolute Gasteiger partial charge is 0.402 e. The molecule has 1 unspecified atom stereocenters. The Labute approximate surface area is 111 Å². The summed E-state index contributed by atoms with van der Waals surface area (Å²) in [5.74, 6) is -1.08. The second kappa shape index (κ2) is 5.18. The molecule has 0 saturated heterocycles. The van der Waals surface area contributed by atoms with Crippen LogP contribution in [0.1, 0.15) is 18.9 Å². The van der Waals surface area contributed by atoms with Crippen LogP contribution >= 0.6 is 0 Å². The lowest BCUT2D eigenvalue weighted by Gasteiger charge is -2.19. The number of hydrogen-bond acceptors (Lipinski definition) is 4. The molecule has 0 aromatic heterocycles. The van der Waals surface area contributed by atoms with Gasteiger partial charge < -0.3 is 4.74 Å². The fourth-order valence-corrected chi connectivity index (χ4v) is 2.03. The quantitative estimate of drug-likeness (QED) is 0.599. The summed E-state index contributed by atoms with van der Waals surface area (Å²) in [6, 6.07) is 9.56. The minimum atomic E-state index is -0.991. The lowest BCUT2D eigenvalue weighted by molar-refractivity contribution is -0.139. The van der Waals surface area contributed by atoms with Gasteiger partial charge in [0.05, 0.1) is 0 Å². The molecule has 2 rings (SSSR count). The molecule has 0 saturated carbocycles. The molecule has 1 aliphatic rings. The molecule has 0 fully saturated rings. The van der Waals surface area contributed by atoms with Gasteiger partial charge >= 0.3 is 5.97 Å². The van der Waals surface area contributed by atoms with E-state index in [0.717, 1.165) is 11.6 Å². The molecule has 0 radical (unpaired) electrons.